The second kappa shape index (κ2) is 5.02. The number of rotatable bonds is 0. The van der Waals surface area contributed by atoms with E-state index in [1.165, 1.54) is 0 Å². The van der Waals surface area contributed by atoms with Gasteiger partial charge in [-0.25, -0.2) is 0 Å². The number of hydrogen-bond acceptors (Lipinski definition) is 4. The molecule has 1 aromatic carbocycles. The molecule has 108 valence electrons. The molecule has 0 N–H and O–H groups in total. The van der Waals surface area contributed by atoms with Crippen LogP contribution in [0.25, 0.3) is 0 Å². The topological polar surface area (TPSA) is 60.0 Å². The van der Waals surface area contributed by atoms with E-state index in [4.69, 9.17) is 4.74 Å². The fourth-order valence-corrected chi connectivity index (χ4v) is 4.07. The molecule has 1 fully saturated rings. The summed E-state index contributed by atoms with van der Waals surface area (Å²) in [6, 6.07) is 10.4. The Bertz CT molecular complexity index is 646. The highest BCUT2D eigenvalue weighted by molar-refractivity contribution is 9.10. The minimum absolute atomic E-state index is 0.0842. The number of hydrogen-bond donors (Lipinski definition) is 0. The van der Waals surface area contributed by atoms with Crippen LogP contribution in [0.4, 0.5) is 5.69 Å². The van der Waals surface area contributed by atoms with Gasteiger partial charge >= 0.3 is 0 Å². The third-order valence-corrected chi connectivity index (χ3v) is 4.90. The predicted octanol–water partition coefficient (Wildman–Crippen LogP) is 3.02. The van der Waals surface area contributed by atoms with Gasteiger partial charge in [-0.05, 0) is 37.6 Å². The number of morpholine rings is 1. The number of nitriles is 2. The van der Waals surface area contributed by atoms with Gasteiger partial charge in [-0.3, -0.25) is 0 Å². The Hall–Kier alpha value is -1.56. The van der Waals surface area contributed by atoms with Crippen molar-refractivity contribution in [1.29, 1.82) is 10.5 Å². The smallest absolute Gasteiger partial charge is 0.170 e. The summed E-state index contributed by atoms with van der Waals surface area (Å²) in [7, 11) is 0. The van der Waals surface area contributed by atoms with Crippen molar-refractivity contribution in [3.05, 3.63) is 28.2 Å². The van der Waals surface area contributed by atoms with E-state index in [0.29, 0.717) is 13.0 Å². The normalized spacial score (nSPS) is 29.8. The summed E-state index contributed by atoms with van der Waals surface area (Å²) in [6.45, 7) is 4.69. The molecule has 4 nitrogen and oxygen atoms in total. The molecule has 2 heterocycles. The van der Waals surface area contributed by atoms with Crippen LogP contribution in [0.15, 0.2) is 22.7 Å². The molecule has 3 atom stereocenters. The van der Waals surface area contributed by atoms with Gasteiger partial charge in [0.15, 0.2) is 5.41 Å². The summed E-state index contributed by atoms with van der Waals surface area (Å²) >= 11 is 3.47. The van der Waals surface area contributed by atoms with Gasteiger partial charge in [0, 0.05) is 23.1 Å². The van der Waals surface area contributed by atoms with Crippen molar-refractivity contribution in [3.63, 3.8) is 0 Å². The molecule has 21 heavy (non-hydrogen) atoms. The van der Waals surface area contributed by atoms with E-state index < -0.39 is 5.41 Å². The quantitative estimate of drug-likeness (QED) is 0.725. The van der Waals surface area contributed by atoms with E-state index in [-0.39, 0.29) is 18.2 Å². The molecular weight excluding hydrogens is 330 g/mol. The van der Waals surface area contributed by atoms with Gasteiger partial charge in [0.2, 0.25) is 0 Å². The fourth-order valence-electron chi connectivity index (χ4n) is 3.66. The van der Waals surface area contributed by atoms with Crippen LogP contribution in [0.2, 0.25) is 0 Å². The van der Waals surface area contributed by atoms with Gasteiger partial charge in [0.1, 0.15) is 0 Å². The summed E-state index contributed by atoms with van der Waals surface area (Å²) in [4.78, 5) is 2.19. The molecule has 2 aliphatic heterocycles. The molecule has 2 aliphatic rings. The Kier molecular flexibility index (Phi) is 3.43. The van der Waals surface area contributed by atoms with Crippen LogP contribution in [0, 0.1) is 28.1 Å². The molecule has 0 aromatic heterocycles. The molecule has 3 rings (SSSR count). The first-order chi connectivity index (χ1) is 10.0. The van der Waals surface area contributed by atoms with E-state index in [9.17, 15) is 10.5 Å². The van der Waals surface area contributed by atoms with Gasteiger partial charge in [0.05, 0.1) is 30.4 Å². The molecule has 1 aromatic rings. The van der Waals surface area contributed by atoms with Gasteiger partial charge in [-0.2, -0.15) is 10.5 Å². The lowest BCUT2D eigenvalue weighted by molar-refractivity contribution is -0.0467. The number of ether oxygens (including phenoxy) is 1. The number of benzene rings is 1. The first-order valence-electron chi connectivity index (χ1n) is 7.04. The second-order valence-corrected chi connectivity index (χ2v) is 6.81. The Labute approximate surface area is 133 Å². The monoisotopic (exact) mass is 345 g/mol. The van der Waals surface area contributed by atoms with Crippen molar-refractivity contribution in [1.82, 2.24) is 0 Å². The Morgan fingerprint density at radius 2 is 2.05 bits per heavy atom. The molecule has 0 unspecified atom stereocenters. The largest absolute Gasteiger partial charge is 0.371 e. The van der Waals surface area contributed by atoms with Crippen LogP contribution >= 0.6 is 15.9 Å². The van der Waals surface area contributed by atoms with Gasteiger partial charge in [-0.15, -0.1) is 0 Å². The van der Waals surface area contributed by atoms with E-state index in [2.05, 4.69) is 39.0 Å². The summed E-state index contributed by atoms with van der Waals surface area (Å²) < 4.78 is 6.87. The average molecular weight is 346 g/mol. The summed E-state index contributed by atoms with van der Waals surface area (Å²) in [5, 5.41) is 19.4. The maximum atomic E-state index is 9.69. The molecule has 0 radical (unpaired) electrons. The van der Waals surface area contributed by atoms with Crippen LogP contribution in [0.5, 0.6) is 0 Å². The minimum atomic E-state index is -1.06. The van der Waals surface area contributed by atoms with Crippen molar-refractivity contribution < 1.29 is 4.74 Å². The number of fused-ring (bicyclic) bond motifs is 3. The van der Waals surface area contributed by atoms with E-state index >= 15 is 0 Å². The van der Waals surface area contributed by atoms with Crippen molar-refractivity contribution in [2.24, 2.45) is 5.41 Å². The zero-order valence-electron chi connectivity index (χ0n) is 12.0. The van der Waals surface area contributed by atoms with Crippen LogP contribution in [0.3, 0.4) is 0 Å². The first kappa shape index (κ1) is 14.4. The molecule has 1 saturated heterocycles. The summed E-state index contributed by atoms with van der Waals surface area (Å²) in [5.41, 5.74) is 1.10. The highest BCUT2D eigenvalue weighted by Crippen LogP contribution is 2.45. The third-order valence-electron chi connectivity index (χ3n) is 4.41. The Morgan fingerprint density at radius 3 is 2.71 bits per heavy atom. The zero-order valence-corrected chi connectivity index (χ0v) is 13.6. The lowest BCUT2D eigenvalue weighted by atomic mass is 9.71. The zero-order chi connectivity index (χ0) is 15.2. The molecule has 0 amide bonds. The lowest BCUT2D eigenvalue weighted by Crippen LogP contribution is -2.63. The Morgan fingerprint density at radius 1 is 1.33 bits per heavy atom. The van der Waals surface area contributed by atoms with Crippen LogP contribution in [0.1, 0.15) is 19.4 Å². The van der Waals surface area contributed by atoms with Gasteiger partial charge < -0.3 is 9.64 Å². The van der Waals surface area contributed by atoms with E-state index in [0.717, 1.165) is 15.7 Å². The predicted molar refractivity (Wildman–Crippen MR) is 82.6 cm³/mol. The first-order valence-corrected chi connectivity index (χ1v) is 7.83. The highest BCUT2D eigenvalue weighted by atomic mass is 79.9. The molecule has 0 aliphatic carbocycles. The molecule has 5 heteroatoms. The molecule has 0 saturated carbocycles. The fraction of sp³-hybridized carbons (Fsp3) is 0.500. The van der Waals surface area contributed by atoms with Crippen molar-refractivity contribution >= 4 is 21.6 Å². The maximum absolute atomic E-state index is 9.69. The van der Waals surface area contributed by atoms with Crippen molar-refractivity contribution in [2.45, 2.75) is 38.5 Å². The third kappa shape index (κ3) is 2.12. The van der Waals surface area contributed by atoms with Crippen LogP contribution in [-0.4, -0.2) is 24.8 Å². The Balaban J connectivity index is 2.18. The van der Waals surface area contributed by atoms with Crippen LogP contribution in [-0.2, 0) is 11.2 Å². The van der Waals surface area contributed by atoms with Gasteiger partial charge in [-0.1, -0.05) is 15.9 Å². The van der Waals surface area contributed by atoms with Crippen molar-refractivity contribution in [2.75, 3.05) is 11.4 Å². The standard InChI is InChI=1S/C16H16BrN3O/c1-10-7-20-14-4-3-13(17)5-12(14)6-16(8-18,9-19)15(20)11(2)21-10/h3-5,10-11,15H,6-7H2,1-2H3/t10-,11+,15+/m0/s1. The second-order valence-electron chi connectivity index (χ2n) is 5.89. The summed E-state index contributed by atoms with van der Waals surface area (Å²) in [5.74, 6) is 0. The van der Waals surface area contributed by atoms with Crippen molar-refractivity contribution in [3.8, 4) is 12.1 Å². The van der Waals surface area contributed by atoms with Gasteiger partial charge in [0.25, 0.3) is 0 Å². The average Bonchev–Trinajstić information content (AvgIpc) is 2.45. The minimum Gasteiger partial charge on any atom is -0.371 e. The number of nitrogens with zero attached hydrogens (tertiary/aromatic N) is 3. The highest BCUT2D eigenvalue weighted by Gasteiger charge is 2.52. The molecule has 0 spiro atoms. The van der Waals surface area contributed by atoms with Crippen LogP contribution < -0.4 is 4.90 Å². The van der Waals surface area contributed by atoms with E-state index in [1.54, 1.807) is 0 Å². The summed E-state index contributed by atoms with van der Waals surface area (Å²) in [6.07, 6.45) is 0.378. The SMILES string of the molecule is C[C@H]1CN2c3ccc(Br)cc3CC(C#N)(C#N)[C@H]2[C@@H](C)O1. The maximum Gasteiger partial charge on any atom is 0.170 e. The van der Waals surface area contributed by atoms with E-state index in [1.807, 2.05) is 26.0 Å². The number of halogens is 1. The molecule has 0 bridgehead atoms. The number of anilines is 1. The lowest BCUT2D eigenvalue weighted by Gasteiger charge is -2.51. The molecular formula is C16H16BrN3O.